The summed E-state index contributed by atoms with van der Waals surface area (Å²) >= 11 is 3.15. The number of Topliss-reactive ketones (excluding diaryl/α,β-unsaturated/α-hetero) is 1. The van der Waals surface area contributed by atoms with Crippen molar-refractivity contribution < 1.29 is 9.59 Å². The fraction of sp³-hybridized carbons (Fsp3) is 0.818. The zero-order valence-corrected chi connectivity index (χ0v) is 11.3. The molecule has 0 spiro atoms. The number of amides is 1. The Morgan fingerprint density at radius 3 is 2.40 bits per heavy atom. The fourth-order valence-electron chi connectivity index (χ4n) is 1.60. The molecule has 1 amide bonds. The fourth-order valence-corrected chi connectivity index (χ4v) is 2.09. The zero-order chi connectivity index (χ0) is 11.8. The van der Waals surface area contributed by atoms with Gasteiger partial charge in [-0.2, -0.15) is 0 Å². The maximum absolute atomic E-state index is 11.9. The predicted molar refractivity (Wildman–Crippen MR) is 63.0 cm³/mol. The average Bonchev–Trinajstić information content (AvgIpc) is 2.12. The van der Waals surface area contributed by atoms with Crippen molar-refractivity contribution in [2.24, 2.45) is 5.41 Å². The average molecular weight is 276 g/mol. The molecule has 0 saturated carbocycles. The first-order valence-electron chi connectivity index (χ1n) is 5.22. The number of rotatable bonds is 1. The summed E-state index contributed by atoms with van der Waals surface area (Å²) in [4.78, 5) is 24.4. The Kier molecular flexibility index (Phi) is 3.59. The zero-order valence-electron chi connectivity index (χ0n) is 9.71. The number of hydrogen-bond acceptors (Lipinski definition) is 2. The molecule has 0 N–H and O–H groups in total. The van der Waals surface area contributed by atoms with Crippen LogP contribution in [0, 0.1) is 5.41 Å². The van der Waals surface area contributed by atoms with E-state index >= 15 is 0 Å². The molecule has 1 rings (SSSR count). The van der Waals surface area contributed by atoms with Crippen molar-refractivity contribution in [1.82, 2.24) is 4.90 Å². The lowest BCUT2D eigenvalue weighted by Crippen LogP contribution is -2.54. The summed E-state index contributed by atoms with van der Waals surface area (Å²) in [6.07, 6.45) is 0.460. The van der Waals surface area contributed by atoms with Crippen molar-refractivity contribution in [2.45, 2.75) is 45.0 Å². The van der Waals surface area contributed by atoms with Gasteiger partial charge in [0.2, 0.25) is 5.91 Å². The molecule has 86 valence electrons. The second kappa shape index (κ2) is 4.24. The lowest BCUT2D eigenvalue weighted by atomic mass is 9.86. The molecule has 0 radical (unpaired) electrons. The molecular weight excluding hydrogens is 258 g/mol. The first-order chi connectivity index (χ1) is 6.75. The van der Waals surface area contributed by atoms with Crippen molar-refractivity contribution in [3.63, 3.8) is 0 Å². The minimum Gasteiger partial charge on any atom is -0.338 e. The minimum atomic E-state index is -0.629. The highest BCUT2D eigenvalue weighted by atomic mass is 79.9. The molecule has 2 atom stereocenters. The van der Waals surface area contributed by atoms with E-state index in [0.29, 0.717) is 13.0 Å². The second-order valence-electron chi connectivity index (χ2n) is 5.15. The quantitative estimate of drug-likeness (QED) is 0.542. The SMILES string of the molecule is C[C@@H](N1CCC(=O)C(Br)C1=O)C(C)(C)C. The first-order valence-corrected chi connectivity index (χ1v) is 6.14. The predicted octanol–water partition coefficient (Wildman–Crippen LogP) is 1.99. The summed E-state index contributed by atoms with van der Waals surface area (Å²) < 4.78 is 0. The van der Waals surface area contributed by atoms with Gasteiger partial charge < -0.3 is 4.90 Å². The highest BCUT2D eigenvalue weighted by Crippen LogP contribution is 2.27. The van der Waals surface area contributed by atoms with E-state index in [1.165, 1.54) is 0 Å². The molecular formula is C11H18BrNO2. The van der Waals surface area contributed by atoms with Crippen LogP contribution in [0.15, 0.2) is 0 Å². The largest absolute Gasteiger partial charge is 0.338 e. The molecule has 1 saturated heterocycles. The Hall–Kier alpha value is -0.380. The molecule has 4 heteroatoms. The summed E-state index contributed by atoms with van der Waals surface area (Å²) in [6.45, 7) is 8.89. The first kappa shape index (κ1) is 12.7. The van der Waals surface area contributed by atoms with Crippen LogP contribution >= 0.6 is 15.9 Å². The van der Waals surface area contributed by atoms with Crippen molar-refractivity contribution in [3.8, 4) is 0 Å². The second-order valence-corrected chi connectivity index (χ2v) is 6.07. The molecule has 1 heterocycles. The van der Waals surface area contributed by atoms with Crippen molar-refractivity contribution >= 4 is 27.6 Å². The number of carbonyl (C=O) groups is 2. The van der Waals surface area contributed by atoms with Gasteiger partial charge in [-0.15, -0.1) is 0 Å². The third-order valence-corrected chi connectivity index (χ3v) is 4.00. The van der Waals surface area contributed by atoms with E-state index in [9.17, 15) is 9.59 Å². The summed E-state index contributed by atoms with van der Waals surface area (Å²) in [5.41, 5.74) is 0.0444. The van der Waals surface area contributed by atoms with E-state index in [1.807, 2.05) is 6.92 Å². The smallest absolute Gasteiger partial charge is 0.244 e. The molecule has 1 fully saturated rings. The molecule has 0 aromatic carbocycles. The summed E-state index contributed by atoms with van der Waals surface area (Å²) in [6, 6.07) is 0.151. The number of halogens is 1. The molecule has 0 aromatic heterocycles. The van der Waals surface area contributed by atoms with E-state index in [0.717, 1.165) is 0 Å². The molecule has 1 unspecified atom stereocenters. The van der Waals surface area contributed by atoms with Crippen LogP contribution in [0.2, 0.25) is 0 Å². The van der Waals surface area contributed by atoms with Gasteiger partial charge in [0, 0.05) is 19.0 Å². The molecule has 1 aliphatic heterocycles. The van der Waals surface area contributed by atoms with Gasteiger partial charge in [-0.05, 0) is 12.3 Å². The van der Waals surface area contributed by atoms with Gasteiger partial charge in [-0.1, -0.05) is 36.7 Å². The van der Waals surface area contributed by atoms with Crippen LogP contribution in [-0.2, 0) is 9.59 Å². The monoisotopic (exact) mass is 275 g/mol. The van der Waals surface area contributed by atoms with E-state index in [4.69, 9.17) is 0 Å². The number of piperidine rings is 1. The van der Waals surface area contributed by atoms with Crippen LogP contribution in [0.3, 0.4) is 0 Å². The van der Waals surface area contributed by atoms with Crippen molar-refractivity contribution in [2.75, 3.05) is 6.54 Å². The molecule has 0 bridgehead atoms. The van der Waals surface area contributed by atoms with Gasteiger partial charge in [-0.3, -0.25) is 9.59 Å². The van der Waals surface area contributed by atoms with Crippen LogP contribution in [-0.4, -0.2) is 34.0 Å². The lowest BCUT2D eigenvalue weighted by molar-refractivity contribution is -0.142. The Morgan fingerprint density at radius 1 is 1.40 bits per heavy atom. The third-order valence-electron chi connectivity index (χ3n) is 3.10. The number of ketones is 1. The molecule has 15 heavy (non-hydrogen) atoms. The highest BCUT2D eigenvalue weighted by Gasteiger charge is 2.38. The normalized spacial score (nSPS) is 25.7. The summed E-state index contributed by atoms with van der Waals surface area (Å²) in [5.74, 6) is -0.0916. The van der Waals surface area contributed by atoms with Crippen molar-refractivity contribution in [1.29, 1.82) is 0 Å². The summed E-state index contributed by atoms with van der Waals surface area (Å²) in [5, 5.41) is 0. The highest BCUT2D eigenvalue weighted by molar-refractivity contribution is 9.10. The number of carbonyl (C=O) groups excluding carboxylic acids is 2. The lowest BCUT2D eigenvalue weighted by Gasteiger charge is -2.40. The molecule has 3 nitrogen and oxygen atoms in total. The van der Waals surface area contributed by atoms with Crippen LogP contribution in [0.5, 0.6) is 0 Å². The third kappa shape index (κ3) is 2.60. The Labute approximate surface area is 99.3 Å². The van der Waals surface area contributed by atoms with Gasteiger partial charge in [0.1, 0.15) is 0 Å². The van der Waals surface area contributed by atoms with E-state index in [-0.39, 0.29) is 23.1 Å². The van der Waals surface area contributed by atoms with E-state index in [1.54, 1.807) is 4.90 Å². The van der Waals surface area contributed by atoms with Gasteiger partial charge in [0.25, 0.3) is 0 Å². The number of hydrogen-bond donors (Lipinski definition) is 0. The van der Waals surface area contributed by atoms with Crippen LogP contribution in [0.25, 0.3) is 0 Å². The van der Waals surface area contributed by atoms with Gasteiger partial charge >= 0.3 is 0 Å². The van der Waals surface area contributed by atoms with Crippen LogP contribution in [0.4, 0.5) is 0 Å². The van der Waals surface area contributed by atoms with Gasteiger partial charge in [0.05, 0.1) is 0 Å². The van der Waals surface area contributed by atoms with Gasteiger partial charge in [0.15, 0.2) is 10.6 Å². The topological polar surface area (TPSA) is 37.4 Å². The van der Waals surface area contributed by atoms with Crippen LogP contribution in [0.1, 0.15) is 34.1 Å². The van der Waals surface area contributed by atoms with Crippen molar-refractivity contribution in [3.05, 3.63) is 0 Å². The Bertz CT molecular complexity index is 283. The Morgan fingerprint density at radius 2 is 1.93 bits per heavy atom. The molecule has 0 aromatic rings. The number of nitrogens with zero attached hydrogens (tertiary/aromatic N) is 1. The van der Waals surface area contributed by atoms with Gasteiger partial charge in [-0.25, -0.2) is 0 Å². The maximum atomic E-state index is 11.9. The van der Waals surface area contributed by atoms with E-state index in [2.05, 4.69) is 36.7 Å². The van der Waals surface area contributed by atoms with Crippen LogP contribution < -0.4 is 0 Å². The minimum absolute atomic E-state index is 0.00245. The Balaban J connectivity index is 2.81. The summed E-state index contributed by atoms with van der Waals surface area (Å²) in [7, 11) is 0. The molecule has 0 aliphatic carbocycles. The number of alkyl halides is 1. The standard InChI is InChI=1S/C11H18BrNO2/c1-7(11(2,3)4)13-6-5-8(14)9(12)10(13)15/h7,9H,5-6H2,1-4H3/t7-,9?/m1/s1. The van der Waals surface area contributed by atoms with E-state index < -0.39 is 4.83 Å². The maximum Gasteiger partial charge on any atom is 0.244 e. The molecule has 1 aliphatic rings. The number of likely N-dealkylation sites (tertiary alicyclic amines) is 1.